The van der Waals surface area contributed by atoms with Gasteiger partial charge in [-0.3, -0.25) is 0 Å². The zero-order valence-corrected chi connectivity index (χ0v) is 6.34. The van der Waals surface area contributed by atoms with Crippen LogP contribution < -0.4 is 5.73 Å². The number of hydrogen-bond donors (Lipinski definition) is 1. The molecule has 0 aliphatic carbocycles. The molecule has 0 radical (unpaired) electrons. The normalized spacial score (nSPS) is 19.3. The molecule has 4 nitrogen and oxygen atoms in total. The van der Waals surface area contributed by atoms with Crippen molar-refractivity contribution in [3.05, 3.63) is 0 Å². The van der Waals surface area contributed by atoms with Crippen LogP contribution in [0.3, 0.4) is 0 Å². The van der Waals surface area contributed by atoms with Crippen molar-refractivity contribution in [2.24, 2.45) is 5.73 Å². The van der Waals surface area contributed by atoms with Gasteiger partial charge in [-0.1, -0.05) is 0 Å². The summed E-state index contributed by atoms with van der Waals surface area (Å²) in [5, 5.41) is 1.73. The van der Waals surface area contributed by atoms with Gasteiger partial charge in [-0.05, 0) is 12.8 Å². The SMILES string of the molecule is NC(=O)N(Cl)N1CCCC1. The van der Waals surface area contributed by atoms with E-state index < -0.39 is 6.03 Å². The molecule has 0 aromatic heterocycles. The van der Waals surface area contributed by atoms with E-state index >= 15 is 0 Å². The minimum absolute atomic E-state index is 0.608. The van der Waals surface area contributed by atoms with Crippen LogP contribution in [0.2, 0.25) is 0 Å². The highest BCUT2D eigenvalue weighted by molar-refractivity contribution is 6.20. The number of rotatable bonds is 1. The Hall–Kier alpha value is -0.480. The Bertz CT molecular complexity index is 135. The molecule has 10 heavy (non-hydrogen) atoms. The van der Waals surface area contributed by atoms with E-state index in [4.69, 9.17) is 17.5 Å². The summed E-state index contributed by atoms with van der Waals surface area (Å²) >= 11 is 5.51. The Morgan fingerprint density at radius 2 is 2.00 bits per heavy atom. The first-order valence-corrected chi connectivity index (χ1v) is 3.56. The van der Waals surface area contributed by atoms with Gasteiger partial charge >= 0.3 is 6.03 Å². The van der Waals surface area contributed by atoms with E-state index in [1.54, 1.807) is 5.01 Å². The minimum atomic E-state index is -0.608. The number of hydrogen-bond acceptors (Lipinski definition) is 2. The van der Waals surface area contributed by atoms with Crippen LogP contribution >= 0.6 is 11.8 Å². The average molecular weight is 164 g/mol. The van der Waals surface area contributed by atoms with E-state index in [2.05, 4.69) is 0 Å². The van der Waals surface area contributed by atoms with Gasteiger partial charge in [0.1, 0.15) is 0 Å². The van der Waals surface area contributed by atoms with Crippen LogP contribution in [-0.4, -0.2) is 28.7 Å². The summed E-state index contributed by atoms with van der Waals surface area (Å²) in [6, 6.07) is -0.608. The van der Waals surface area contributed by atoms with Crippen molar-refractivity contribution in [2.75, 3.05) is 13.1 Å². The number of hydrazine groups is 1. The predicted molar refractivity (Wildman–Crippen MR) is 38.1 cm³/mol. The summed E-state index contributed by atoms with van der Waals surface area (Å²) in [5.74, 6) is 0. The smallest absolute Gasteiger partial charge is 0.344 e. The lowest BCUT2D eigenvalue weighted by molar-refractivity contribution is 0.120. The second kappa shape index (κ2) is 3.07. The summed E-state index contributed by atoms with van der Waals surface area (Å²) in [7, 11) is 0. The van der Waals surface area contributed by atoms with Crippen molar-refractivity contribution in [1.29, 1.82) is 0 Å². The maximum atomic E-state index is 10.5. The van der Waals surface area contributed by atoms with Gasteiger partial charge in [-0.15, -0.1) is 0 Å². The van der Waals surface area contributed by atoms with E-state index in [1.807, 2.05) is 0 Å². The van der Waals surface area contributed by atoms with Crippen LogP contribution in [0.25, 0.3) is 0 Å². The van der Waals surface area contributed by atoms with Crippen LogP contribution in [-0.2, 0) is 0 Å². The molecule has 1 rings (SSSR count). The molecule has 1 aliphatic heterocycles. The molecule has 1 saturated heterocycles. The van der Waals surface area contributed by atoms with Gasteiger partial charge < -0.3 is 5.73 Å². The molecule has 1 heterocycles. The minimum Gasteiger partial charge on any atom is -0.349 e. The fraction of sp³-hybridized carbons (Fsp3) is 0.800. The number of nitrogens with two attached hydrogens (primary N) is 1. The molecule has 0 saturated carbocycles. The molecular weight excluding hydrogens is 154 g/mol. The summed E-state index contributed by atoms with van der Waals surface area (Å²) < 4.78 is 0.951. The first-order valence-electron chi connectivity index (χ1n) is 3.22. The van der Waals surface area contributed by atoms with Crippen molar-refractivity contribution >= 4 is 17.8 Å². The maximum absolute atomic E-state index is 10.5. The van der Waals surface area contributed by atoms with Crippen LogP contribution in [0.15, 0.2) is 0 Å². The van der Waals surface area contributed by atoms with E-state index in [1.165, 1.54) is 0 Å². The highest BCUT2D eigenvalue weighted by Gasteiger charge is 2.20. The molecule has 0 atom stereocenters. The molecule has 2 N–H and O–H groups in total. The number of carbonyl (C=O) groups is 1. The van der Waals surface area contributed by atoms with Gasteiger partial charge in [-0.25, -0.2) is 9.80 Å². The zero-order chi connectivity index (χ0) is 7.56. The lowest BCUT2D eigenvalue weighted by Gasteiger charge is -2.21. The first-order chi connectivity index (χ1) is 4.72. The summed E-state index contributed by atoms with van der Waals surface area (Å²) in [6.45, 7) is 1.65. The molecule has 58 valence electrons. The van der Waals surface area contributed by atoms with Crippen molar-refractivity contribution in [1.82, 2.24) is 9.54 Å². The number of halogens is 1. The highest BCUT2D eigenvalue weighted by atomic mass is 35.5. The van der Waals surface area contributed by atoms with Crippen LogP contribution in [0.5, 0.6) is 0 Å². The second-order valence-electron chi connectivity index (χ2n) is 2.26. The third-order valence-corrected chi connectivity index (χ3v) is 1.89. The van der Waals surface area contributed by atoms with Crippen LogP contribution in [0.1, 0.15) is 12.8 Å². The first kappa shape index (κ1) is 7.63. The van der Waals surface area contributed by atoms with Crippen molar-refractivity contribution in [2.45, 2.75) is 12.8 Å². The summed E-state index contributed by atoms with van der Waals surface area (Å²) in [4.78, 5) is 10.5. The van der Waals surface area contributed by atoms with Crippen molar-refractivity contribution in [3.8, 4) is 0 Å². The van der Waals surface area contributed by atoms with E-state index in [0.29, 0.717) is 0 Å². The number of carbonyl (C=O) groups excluding carboxylic acids is 1. The van der Waals surface area contributed by atoms with Gasteiger partial charge in [-0.2, -0.15) is 4.53 Å². The van der Waals surface area contributed by atoms with Crippen molar-refractivity contribution < 1.29 is 4.79 Å². The Morgan fingerprint density at radius 3 is 2.40 bits per heavy atom. The highest BCUT2D eigenvalue weighted by Crippen LogP contribution is 2.12. The predicted octanol–water partition coefficient (Wildman–Crippen LogP) is 0.532. The van der Waals surface area contributed by atoms with E-state index in [0.717, 1.165) is 30.5 Å². The van der Waals surface area contributed by atoms with E-state index in [-0.39, 0.29) is 0 Å². The Morgan fingerprint density at radius 1 is 1.50 bits per heavy atom. The number of nitrogens with zero attached hydrogens (tertiary/aromatic N) is 2. The van der Waals surface area contributed by atoms with Crippen LogP contribution in [0, 0.1) is 0 Å². The molecule has 0 bridgehead atoms. The average Bonchev–Trinajstić information content (AvgIpc) is 2.36. The molecule has 0 aromatic carbocycles. The topological polar surface area (TPSA) is 49.6 Å². The van der Waals surface area contributed by atoms with Gasteiger partial charge in [0.25, 0.3) is 0 Å². The van der Waals surface area contributed by atoms with Gasteiger partial charge in [0.2, 0.25) is 0 Å². The Balaban J connectivity index is 2.39. The Labute approximate surface area is 64.6 Å². The third-order valence-electron chi connectivity index (χ3n) is 1.51. The summed E-state index contributed by atoms with van der Waals surface area (Å²) in [5.41, 5.74) is 4.93. The van der Waals surface area contributed by atoms with Gasteiger partial charge in [0.05, 0.1) is 0 Å². The van der Waals surface area contributed by atoms with Gasteiger partial charge in [0, 0.05) is 24.9 Å². The third kappa shape index (κ3) is 1.52. The molecule has 1 aliphatic rings. The molecule has 0 unspecified atom stereocenters. The molecule has 0 spiro atoms. The fourth-order valence-electron chi connectivity index (χ4n) is 1.02. The molecule has 0 aromatic rings. The standard InChI is InChI=1S/C5H10ClN3O/c6-9(5(7)10)8-3-1-2-4-8/h1-4H2,(H2,7,10). The molecule has 1 fully saturated rings. The number of urea groups is 1. The number of primary amides is 1. The quantitative estimate of drug-likeness (QED) is 0.574. The molecule has 2 amide bonds. The molecule has 5 heteroatoms. The van der Waals surface area contributed by atoms with Crippen molar-refractivity contribution in [3.63, 3.8) is 0 Å². The summed E-state index contributed by atoms with van der Waals surface area (Å²) in [6.07, 6.45) is 2.16. The number of amides is 2. The lowest BCUT2D eigenvalue weighted by Crippen LogP contribution is -2.41. The second-order valence-corrected chi connectivity index (χ2v) is 2.58. The molecular formula is C5H10ClN3O. The van der Waals surface area contributed by atoms with Crippen LogP contribution in [0.4, 0.5) is 4.79 Å². The monoisotopic (exact) mass is 163 g/mol. The fourth-order valence-corrected chi connectivity index (χ4v) is 1.17. The lowest BCUT2D eigenvalue weighted by atomic mass is 10.4. The zero-order valence-electron chi connectivity index (χ0n) is 5.59. The Kier molecular flexibility index (Phi) is 2.34. The largest absolute Gasteiger partial charge is 0.349 e. The van der Waals surface area contributed by atoms with E-state index in [9.17, 15) is 4.79 Å². The van der Waals surface area contributed by atoms with Gasteiger partial charge in [0.15, 0.2) is 0 Å². The maximum Gasteiger partial charge on any atom is 0.344 e.